The van der Waals surface area contributed by atoms with Crippen molar-refractivity contribution in [2.24, 2.45) is 0 Å². The maximum Gasteiger partial charge on any atom is 0.174 e. The van der Waals surface area contributed by atoms with Crippen LogP contribution in [0, 0.1) is 13.8 Å². The van der Waals surface area contributed by atoms with Crippen molar-refractivity contribution in [3.63, 3.8) is 0 Å². The van der Waals surface area contributed by atoms with Crippen LogP contribution in [0.1, 0.15) is 35.7 Å². The Bertz CT molecular complexity index is 1100. The second-order valence-corrected chi connectivity index (χ2v) is 7.08. The van der Waals surface area contributed by atoms with Gasteiger partial charge in [-0.2, -0.15) is 5.10 Å². The molecule has 3 aromatic heterocycles. The van der Waals surface area contributed by atoms with Crippen LogP contribution in [-0.4, -0.2) is 42.5 Å². The van der Waals surface area contributed by atoms with Crippen molar-refractivity contribution in [2.75, 3.05) is 13.1 Å². The maximum atomic E-state index is 4.69. The first-order valence-corrected chi connectivity index (χ1v) is 9.08. The third-order valence-corrected chi connectivity index (χ3v) is 5.44. The summed E-state index contributed by atoms with van der Waals surface area (Å²) in [6.45, 7) is 6.28. The number of nitrogens with one attached hydrogen (secondary N) is 1. The summed E-state index contributed by atoms with van der Waals surface area (Å²) in [7, 11) is 0. The Morgan fingerprint density at radius 3 is 2.69 bits per heavy atom. The van der Waals surface area contributed by atoms with Crippen LogP contribution in [-0.2, 0) is 0 Å². The second kappa shape index (κ2) is 5.88. The number of aromatic nitrogens is 6. The number of piperidine rings is 1. The quantitative estimate of drug-likeness (QED) is 0.603. The molecule has 0 unspecified atom stereocenters. The molecule has 4 aromatic rings. The monoisotopic (exact) mass is 347 g/mol. The van der Waals surface area contributed by atoms with Gasteiger partial charge in [0.25, 0.3) is 0 Å². The lowest BCUT2D eigenvalue weighted by atomic mass is 9.97. The molecule has 0 aliphatic carbocycles. The van der Waals surface area contributed by atoms with Gasteiger partial charge in [0, 0.05) is 5.92 Å². The molecule has 0 spiro atoms. The van der Waals surface area contributed by atoms with Gasteiger partial charge >= 0.3 is 0 Å². The number of hydrogen-bond donors (Lipinski definition) is 1. The van der Waals surface area contributed by atoms with Gasteiger partial charge in [-0.25, -0.2) is 9.67 Å². The minimum atomic E-state index is 0.431. The van der Waals surface area contributed by atoms with Gasteiger partial charge in [-0.15, -0.1) is 10.2 Å². The summed E-state index contributed by atoms with van der Waals surface area (Å²) in [6.07, 6.45) is 5.85. The lowest BCUT2D eigenvalue weighted by Crippen LogP contribution is -2.27. The van der Waals surface area contributed by atoms with E-state index in [1.807, 2.05) is 21.6 Å². The van der Waals surface area contributed by atoms with Crippen molar-refractivity contribution in [3.05, 3.63) is 47.7 Å². The SMILES string of the molecule is Cc1ccc(-n2ncc3c2ncn2c(C4CCNCC4)nnc32)cc1C. The molecule has 5 rings (SSSR count). The van der Waals surface area contributed by atoms with Crippen LogP contribution >= 0.6 is 0 Å². The van der Waals surface area contributed by atoms with Crippen LogP contribution in [0.3, 0.4) is 0 Å². The van der Waals surface area contributed by atoms with E-state index in [9.17, 15) is 0 Å². The topological polar surface area (TPSA) is 72.9 Å². The molecule has 7 heteroatoms. The minimum absolute atomic E-state index is 0.431. The predicted molar refractivity (Wildman–Crippen MR) is 99.7 cm³/mol. The molecule has 1 aromatic carbocycles. The number of nitrogens with zero attached hydrogens (tertiary/aromatic N) is 6. The van der Waals surface area contributed by atoms with Crippen LogP contribution in [0.15, 0.2) is 30.7 Å². The summed E-state index contributed by atoms with van der Waals surface area (Å²) in [5.74, 6) is 1.44. The number of fused-ring (bicyclic) bond motifs is 3. The molecule has 1 aliphatic rings. The first-order valence-electron chi connectivity index (χ1n) is 9.08. The summed E-state index contributed by atoms with van der Waals surface area (Å²) in [4.78, 5) is 4.69. The van der Waals surface area contributed by atoms with E-state index in [0.29, 0.717) is 5.92 Å². The van der Waals surface area contributed by atoms with Crippen LogP contribution in [0.2, 0.25) is 0 Å². The van der Waals surface area contributed by atoms with Crippen molar-refractivity contribution < 1.29 is 0 Å². The van der Waals surface area contributed by atoms with Crippen LogP contribution in [0.25, 0.3) is 22.4 Å². The van der Waals surface area contributed by atoms with E-state index in [0.717, 1.165) is 54.1 Å². The first-order chi connectivity index (χ1) is 12.7. The Kier molecular flexibility index (Phi) is 3.49. The van der Waals surface area contributed by atoms with E-state index < -0.39 is 0 Å². The van der Waals surface area contributed by atoms with E-state index in [-0.39, 0.29) is 0 Å². The highest BCUT2D eigenvalue weighted by Gasteiger charge is 2.22. The zero-order valence-corrected chi connectivity index (χ0v) is 15.0. The third-order valence-electron chi connectivity index (χ3n) is 5.44. The number of hydrogen-bond acceptors (Lipinski definition) is 5. The lowest BCUT2D eigenvalue weighted by Gasteiger charge is -2.20. The Balaban J connectivity index is 1.64. The standard InChI is InChI=1S/C19H21N7/c1-12-3-4-15(9-13(12)2)26-18-16(10-22-26)19-24-23-17(25(19)11-21-18)14-5-7-20-8-6-14/h3-4,9-11,14,20H,5-8H2,1-2H3. The van der Waals surface area contributed by atoms with E-state index in [2.05, 4.69) is 52.7 Å². The van der Waals surface area contributed by atoms with Crippen LogP contribution in [0.5, 0.6) is 0 Å². The largest absolute Gasteiger partial charge is 0.317 e. The summed E-state index contributed by atoms with van der Waals surface area (Å²) in [5, 5.41) is 17.8. The van der Waals surface area contributed by atoms with E-state index in [1.54, 1.807) is 0 Å². The van der Waals surface area contributed by atoms with E-state index in [1.165, 1.54) is 11.1 Å². The molecular formula is C19H21N7. The van der Waals surface area contributed by atoms with Gasteiger partial charge in [0.2, 0.25) is 0 Å². The van der Waals surface area contributed by atoms with Crippen LogP contribution < -0.4 is 5.32 Å². The van der Waals surface area contributed by atoms with Gasteiger partial charge in [-0.05, 0) is 63.0 Å². The fourth-order valence-corrected chi connectivity index (χ4v) is 3.74. The molecule has 0 atom stereocenters. The molecule has 0 bridgehead atoms. The molecule has 0 radical (unpaired) electrons. The Hall–Kier alpha value is -2.80. The average molecular weight is 347 g/mol. The molecule has 1 saturated heterocycles. The van der Waals surface area contributed by atoms with Crippen molar-refractivity contribution >= 4 is 16.7 Å². The van der Waals surface area contributed by atoms with Crippen molar-refractivity contribution in [1.82, 2.24) is 34.7 Å². The fraction of sp³-hybridized carbons (Fsp3) is 0.368. The molecule has 0 saturated carbocycles. The van der Waals surface area contributed by atoms with Crippen molar-refractivity contribution in [1.29, 1.82) is 0 Å². The number of aryl methyl sites for hydroxylation is 2. The van der Waals surface area contributed by atoms with Gasteiger partial charge in [-0.1, -0.05) is 6.07 Å². The second-order valence-electron chi connectivity index (χ2n) is 7.08. The summed E-state index contributed by atoms with van der Waals surface area (Å²) >= 11 is 0. The van der Waals surface area contributed by atoms with Crippen LogP contribution in [0.4, 0.5) is 0 Å². The molecular weight excluding hydrogens is 326 g/mol. The molecule has 4 heterocycles. The van der Waals surface area contributed by atoms with Gasteiger partial charge in [-0.3, -0.25) is 4.40 Å². The zero-order chi connectivity index (χ0) is 17.7. The molecule has 1 aliphatic heterocycles. The molecule has 1 fully saturated rings. The van der Waals surface area contributed by atoms with Gasteiger partial charge in [0.1, 0.15) is 12.2 Å². The highest BCUT2D eigenvalue weighted by molar-refractivity contribution is 5.89. The van der Waals surface area contributed by atoms with Gasteiger partial charge in [0.05, 0.1) is 17.3 Å². The third kappa shape index (κ3) is 2.31. The van der Waals surface area contributed by atoms with Gasteiger partial charge < -0.3 is 5.32 Å². The molecule has 132 valence electrons. The first kappa shape index (κ1) is 15.5. The predicted octanol–water partition coefficient (Wildman–Crippen LogP) is 2.55. The van der Waals surface area contributed by atoms with E-state index in [4.69, 9.17) is 4.98 Å². The Morgan fingerprint density at radius 2 is 1.88 bits per heavy atom. The minimum Gasteiger partial charge on any atom is -0.317 e. The zero-order valence-electron chi connectivity index (χ0n) is 15.0. The molecule has 0 amide bonds. The summed E-state index contributed by atoms with van der Waals surface area (Å²) < 4.78 is 3.91. The van der Waals surface area contributed by atoms with Gasteiger partial charge in [0.15, 0.2) is 11.3 Å². The van der Waals surface area contributed by atoms with E-state index >= 15 is 0 Å². The Morgan fingerprint density at radius 1 is 1.04 bits per heavy atom. The van der Waals surface area contributed by atoms with Crippen molar-refractivity contribution in [2.45, 2.75) is 32.6 Å². The normalized spacial score (nSPS) is 15.9. The van der Waals surface area contributed by atoms with Crippen molar-refractivity contribution in [3.8, 4) is 5.69 Å². The smallest absolute Gasteiger partial charge is 0.174 e. The average Bonchev–Trinajstić information content (AvgIpc) is 3.28. The number of benzene rings is 1. The number of rotatable bonds is 2. The molecule has 1 N–H and O–H groups in total. The fourth-order valence-electron chi connectivity index (χ4n) is 3.74. The highest BCUT2D eigenvalue weighted by Crippen LogP contribution is 2.27. The maximum absolute atomic E-state index is 4.69. The molecule has 26 heavy (non-hydrogen) atoms. The molecule has 7 nitrogen and oxygen atoms in total. The Labute approximate surface area is 151 Å². The lowest BCUT2D eigenvalue weighted by molar-refractivity contribution is 0.442. The highest BCUT2D eigenvalue weighted by atomic mass is 15.3. The summed E-state index contributed by atoms with van der Waals surface area (Å²) in [6, 6.07) is 6.33. The summed E-state index contributed by atoms with van der Waals surface area (Å²) in [5.41, 5.74) is 5.16.